The number of ether oxygens (including phenoxy) is 1. The minimum atomic E-state index is -5.47. The first kappa shape index (κ1) is 48.0. The van der Waals surface area contributed by atoms with Crippen molar-refractivity contribution in [1.82, 2.24) is 25.0 Å². The Hall–Kier alpha value is -5.63. The van der Waals surface area contributed by atoms with Crippen molar-refractivity contribution in [3.8, 4) is 11.1 Å². The van der Waals surface area contributed by atoms with Gasteiger partial charge in [0.05, 0.1) is 11.8 Å². The molecule has 0 spiro atoms. The number of carbonyl (C=O) groups excluding carboxylic acids is 6. The SMILES string of the molecule is CC(C)(C)[C@H](c1cc(-c2cc(F)ccc2F)cn1Cc1ccccc1)N(CCC(N)CF)C(=O)CSCC(OC(=O)C(F)(F)F)C(=O)NCCNC(=O)CN1C(=O)C=CC1=O. The van der Waals surface area contributed by atoms with E-state index in [-0.39, 0.29) is 38.2 Å². The van der Waals surface area contributed by atoms with Crippen molar-refractivity contribution < 1.29 is 59.8 Å². The fourth-order valence-corrected chi connectivity index (χ4v) is 7.27. The predicted molar refractivity (Wildman–Crippen MR) is 213 cm³/mol. The number of aromatic nitrogens is 1. The normalized spacial score (nSPS) is 14.4. The van der Waals surface area contributed by atoms with E-state index < -0.39 is 102 Å². The highest BCUT2D eigenvalue weighted by atomic mass is 32.2. The molecule has 0 saturated carbocycles. The molecule has 4 rings (SSSR count). The summed E-state index contributed by atoms with van der Waals surface area (Å²) in [6, 6.07) is 12.0. The molecule has 0 saturated heterocycles. The highest BCUT2D eigenvalue weighted by Crippen LogP contribution is 2.41. The third-order valence-corrected chi connectivity index (χ3v) is 10.2. The summed E-state index contributed by atoms with van der Waals surface area (Å²) in [7, 11) is 0. The molecule has 1 aromatic heterocycles. The average molecular weight is 881 g/mol. The number of thioether (sulfide) groups is 1. The molecule has 4 N–H and O–H groups in total. The molecular formula is C41H46F6N6O7S. The number of nitrogens with zero attached hydrogens (tertiary/aromatic N) is 3. The third kappa shape index (κ3) is 13.7. The number of benzene rings is 2. The fraction of sp³-hybridized carbons (Fsp3) is 0.415. The molecule has 0 aliphatic carbocycles. The molecule has 0 fully saturated rings. The number of nitrogens with one attached hydrogen (secondary N) is 2. The Morgan fingerprint density at radius 1 is 0.934 bits per heavy atom. The van der Waals surface area contributed by atoms with Crippen LogP contribution in [0.3, 0.4) is 0 Å². The molecule has 61 heavy (non-hydrogen) atoms. The Morgan fingerprint density at radius 2 is 1.59 bits per heavy atom. The first-order valence-electron chi connectivity index (χ1n) is 18.9. The molecule has 1 aliphatic rings. The smallest absolute Gasteiger partial charge is 0.445 e. The number of amides is 5. The van der Waals surface area contributed by atoms with E-state index in [4.69, 9.17) is 5.73 Å². The molecule has 2 unspecified atom stereocenters. The van der Waals surface area contributed by atoms with Crippen molar-refractivity contribution in [2.45, 2.75) is 58.1 Å². The topological polar surface area (TPSA) is 173 Å². The van der Waals surface area contributed by atoms with Gasteiger partial charge in [-0.3, -0.25) is 28.9 Å². The van der Waals surface area contributed by atoms with Crippen LogP contribution in [0.25, 0.3) is 11.1 Å². The molecule has 0 radical (unpaired) electrons. The number of carbonyl (C=O) groups is 6. The van der Waals surface area contributed by atoms with Gasteiger partial charge in [-0.25, -0.2) is 18.0 Å². The summed E-state index contributed by atoms with van der Waals surface area (Å²) in [6.07, 6.45) is -3.97. The van der Waals surface area contributed by atoms with Gasteiger partial charge >= 0.3 is 12.1 Å². The maximum atomic E-state index is 15.2. The lowest BCUT2D eigenvalue weighted by Crippen LogP contribution is -2.46. The summed E-state index contributed by atoms with van der Waals surface area (Å²) in [4.78, 5) is 76.8. The van der Waals surface area contributed by atoms with Crippen molar-refractivity contribution in [2.75, 3.05) is 44.4 Å². The summed E-state index contributed by atoms with van der Waals surface area (Å²) in [6.45, 7) is 3.41. The van der Waals surface area contributed by atoms with Gasteiger partial charge in [0.25, 0.3) is 17.7 Å². The zero-order valence-electron chi connectivity index (χ0n) is 33.5. The van der Waals surface area contributed by atoms with Crippen molar-refractivity contribution in [3.05, 3.63) is 95.8 Å². The molecule has 0 bridgehead atoms. The van der Waals surface area contributed by atoms with Crippen molar-refractivity contribution in [2.24, 2.45) is 11.1 Å². The molecule has 1 aliphatic heterocycles. The molecule has 13 nitrogen and oxygen atoms in total. The Kier molecular flexibility index (Phi) is 16.7. The van der Waals surface area contributed by atoms with Crippen LogP contribution in [0.15, 0.2) is 72.9 Å². The summed E-state index contributed by atoms with van der Waals surface area (Å²) in [5.41, 5.74) is 6.71. The zero-order chi connectivity index (χ0) is 45.1. The lowest BCUT2D eigenvalue weighted by atomic mass is 9.82. The number of alkyl halides is 4. The Labute approximate surface area is 352 Å². The van der Waals surface area contributed by atoms with Gasteiger partial charge in [-0.05, 0) is 41.7 Å². The number of hydrogen-bond acceptors (Lipinski definition) is 9. The van der Waals surface area contributed by atoms with Crippen LogP contribution < -0.4 is 16.4 Å². The summed E-state index contributed by atoms with van der Waals surface area (Å²) < 4.78 is 89.3. The van der Waals surface area contributed by atoms with Gasteiger partial charge < -0.3 is 30.6 Å². The van der Waals surface area contributed by atoms with E-state index in [1.54, 1.807) is 16.8 Å². The highest BCUT2D eigenvalue weighted by Gasteiger charge is 2.44. The van der Waals surface area contributed by atoms with Gasteiger partial charge in [0.1, 0.15) is 24.9 Å². The molecule has 5 amide bonds. The lowest BCUT2D eigenvalue weighted by molar-refractivity contribution is -0.204. The van der Waals surface area contributed by atoms with Gasteiger partial charge in [-0.2, -0.15) is 13.2 Å². The Bertz CT molecular complexity index is 2070. The number of esters is 1. The maximum absolute atomic E-state index is 15.2. The van der Waals surface area contributed by atoms with Crippen LogP contribution >= 0.6 is 11.8 Å². The summed E-state index contributed by atoms with van der Waals surface area (Å²) in [5.74, 6) is -9.14. The average Bonchev–Trinajstić information content (AvgIpc) is 3.74. The molecule has 3 aromatic rings. The second-order valence-electron chi connectivity index (χ2n) is 15.1. The van der Waals surface area contributed by atoms with Crippen LogP contribution in [0.2, 0.25) is 0 Å². The van der Waals surface area contributed by atoms with E-state index in [9.17, 15) is 50.7 Å². The van der Waals surface area contributed by atoms with Crippen LogP contribution in [-0.4, -0.2) is 113 Å². The summed E-state index contributed by atoms with van der Waals surface area (Å²) >= 11 is 0.672. The molecule has 2 heterocycles. The van der Waals surface area contributed by atoms with E-state index >= 15 is 4.39 Å². The predicted octanol–water partition coefficient (Wildman–Crippen LogP) is 4.45. The number of halogens is 6. The van der Waals surface area contributed by atoms with E-state index in [0.29, 0.717) is 27.9 Å². The first-order chi connectivity index (χ1) is 28.7. The van der Waals surface area contributed by atoms with Crippen molar-refractivity contribution in [1.29, 1.82) is 0 Å². The van der Waals surface area contributed by atoms with E-state index in [2.05, 4.69) is 15.4 Å². The quantitative estimate of drug-likeness (QED) is 0.0642. The number of nitrogens with two attached hydrogens (primary N) is 1. The van der Waals surface area contributed by atoms with Gasteiger partial charge in [0.15, 0.2) is 6.10 Å². The van der Waals surface area contributed by atoms with Gasteiger partial charge in [0.2, 0.25) is 11.8 Å². The largest absolute Gasteiger partial charge is 0.490 e. The monoisotopic (exact) mass is 880 g/mol. The second-order valence-corrected chi connectivity index (χ2v) is 16.1. The standard InChI is InChI=1S/C41H46F6N6O7S/c1-40(2,3)37(31-17-26(29-18-27(43)9-10-30(29)44)21-51(31)20-25-7-5-4-6-8-25)52(16-13-28(48)19-42)36(57)24-61-23-32(60-39(59)41(45,46)47)38(58)50-15-14-49-33(54)22-53-34(55)11-12-35(53)56/h4-12,17-18,21,28,32,37H,13-16,19-20,22-24,48H2,1-3H3,(H,49,54)(H,50,58)/t28?,32?,37-/m0/s1. The fourth-order valence-electron chi connectivity index (χ4n) is 6.38. The van der Waals surface area contributed by atoms with Crippen LogP contribution in [0.5, 0.6) is 0 Å². The maximum Gasteiger partial charge on any atom is 0.490 e. The lowest BCUT2D eigenvalue weighted by Gasteiger charge is -2.41. The second kappa shape index (κ2) is 21.2. The minimum Gasteiger partial charge on any atom is -0.445 e. The van der Waals surface area contributed by atoms with Gasteiger partial charge in [-0.15, -0.1) is 11.8 Å². The van der Waals surface area contributed by atoms with Crippen LogP contribution in [0.4, 0.5) is 26.3 Å². The molecule has 2 aromatic carbocycles. The van der Waals surface area contributed by atoms with E-state index in [1.807, 2.05) is 51.1 Å². The summed E-state index contributed by atoms with van der Waals surface area (Å²) in [5, 5.41) is 4.58. The molecule has 330 valence electrons. The van der Waals surface area contributed by atoms with Gasteiger partial charge in [-0.1, -0.05) is 51.1 Å². The first-order valence-corrected chi connectivity index (χ1v) is 20.1. The van der Waals surface area contributed by atoms with Crippen LogP contribution in [0, 0.1) is 17.0 Å². The molecular weight excluding hydrogens is 835 g/mol. The number of rotatable bonds is 20. The number of imide groups is 1. The van der Waals surface area contributed by atoms with Crippen LogP contribution in [0.1, 0.15) is 44.5 Å². The Balaban J connectivity index is 1.57. The van der Waals surface area contributed by atoms with E-state index in [0.717, 1.165) is 35.9 Å². The van der Waals surface area contributed by atoms with Crippen LogP contribution in [-0.2, 0) is 40.0 Å². The van der Waals surface area contributed by atoms with Gasteiger partial charge in [0, 0.05) is 73.1 Å². The Morgan fingerprint density at radius 3 is 2.21 bits per heavy atom. The van der Waals surface area contributed by atoms with Crippen molar-refractivity contribution >= 4 is 47.3 Å². The van der Waals surface area contributed by atoms with Crippen molar-refractivity contribution in [3.63, 3.8) is 0 Å². The minimum absolute atomic E-state index is 0.0173. The van der Waals surface area contributed by atoms with E-state index in [1.165, 1.54) is 4.90 Å². The molecule has 3 atom stereocenters. The molecule has 20 heteroatoms. The highest BCUT2D eigenvalue weighted by molar-refractivity contribution is 8.00. The number of hydrogen-bond donors (Lipinski definition) is 3. The third-order valence-electron chi connectivity index (χ3n) is 9.25. The zero-order valence-corrected chi connectivity index (χ0v) is 34.3.